The fraction of sp³-hybridized carbons (Fsp3) is 0.444. The highest BCUT2D eigenvalue weighted by Crippen LogP contribution is 2.38. The number of carbonyl (C=O) groups excluding carboxylic acids is 2. The minimum atomic E-state index is -0.335. The summed E-state index contributed by atoms with van der Waals surface area (Å²) in [6.07, 6.45) is 3.97. The molecule has 0 bridgehead atoms. The Hall–Kier alpha value is -1.86. The molecule has 0 spiro atoms. The summed E-state index contributed by atoms with van der Waals surface area (Å²) >= 11 is 7.78. The van der Waals surface area contributed by atoms with E-state index >= 15 is 0 Å². The smallest absolute Gasteiger partial charge is 0.320 e. The zero-order valence-corrected chi connectivity index (χ0v) is 16.0. The number of esters is 1. The standard InChI is InChI=1S/C18H20ClNO5S/c1-23-18(22)15-11-20(5-8-26-15)16(21)4-3-12-9-13(19)17-14(10-12)24-6-2-7-25-17/h3-4,9-10,15H,2,5-8,11H2,1H3/b4-3+/t15-/m1/s1. The SMILES string of the molecule is COC(=O)[C@H]1CN(C(=O)/C=C/c2cc(Cl)c3c(c2)OCCCO3)CCS1. The lowest BCUT2D eigenvalue weighted by Gasteiger charge is -2.30. The van der Waals surface area contributed by atoms with E-state index in [9.17, 15) is 9.59 Å². The van der Waals surface area contributed by atoms with Gasteiger partial charge < -0.3 is 19.1 Å². The summed E-state index contributed by atoms with van der Waals surface area (Å²) in [6, 6.07) is 3.54. The molecule has 2 aliphatic rings. The van der Waals surface area contributed by atoms with Crippen LogP contribution in [-0.4, -0.2) is 61.2 Å². The molecular weight excluding hydrogens is 378 g/mol. The molecule has 1 amide bonds. The molecule has 0 radical (unpaired) electrons. The summed E-state index contributed by atoms with van der Waals surface area (Å²) in [5.41, 5.74) is 0.753. The highest BCUT2D eigenvalue weighted by molar-refractivity contribution is 8.00. The van der Waals surface area contributed by atoms with Gasteiger partial charge in [-0.3, -0.25) is 9.59 Å². The van der Waals surface area contributed by atoms with Crippen LogP contribution in [0, 0.1) is 0 Å². The molecule has 1 atom stereocenters. The second-order valence-corrected chi connectivity index (χ2v) is 7.60. The predicted molar refractivity (Wildman–Crippen MR) is 101 cm³/mol. The molecule has 1 aromatic carbocycles. The number of thioether (sulfide) groups is 1. The summed E-state index contributed by atoms with van der Waals surface area (Å²) in [5.74, 6) is 1.38. The number of benzene rings is 1. The molecule has 1 fully saturated rings. The van der Waals surface area contributed by atoms with Crippen LogP contribution < -0.4 is 9.47 Å². The van der Waals surface area contributed by atoms with Crippen molar-refractivity contribution in [2.24, 2.45) is 0 Å². The number of ether oxygens (including phenoxy) is 3. The van der Waals surface area contributed by atoms with Crippen LogP contribution in [0.15, 0.2) is 18.2 Å². The fourth-order valence-electron chi connectivity index (χ4n) is 2.74. The Bertz CT molecular complexity index is 724. The maximum atomic E-state index is 12.4. The summed E-state index contributed by atoms with van der Waals surface area (Å²) in [4.78, 5) is 25.8. The van der Waals surface area contributed by atoms with Gasteiger partial charge in [0, 0.05) is 31.3 Å². The molecule has 1 aromatic rings. The van der Waals surface area contributed by atoms with Gasteiger partial charge in [-0.2, -0.15) is 0 Å². The summed E-state index contributed by atoms with van der Waals surface area (Å²) < 4.78 is 16.0. The molecule has 140 valence electrons. The fourth-order valence-corrected chi connectivity index (χ4v) is 4.15. The van der Waals surface area contributed by atoms with Crippen LogP contribution in [0.25, 0.3) is 6.08 Å². The average Bonchev–Trinajstić information content (AvgIpc) is 2.91. The van der Waals surface area contributed by atoms with E-state index in [1.807, 2.05) is 0 Å². The zero-order chi connectivity index (χ0) is 18.5. The molecule has 1 saturated heterocycles. The molecule has 6 nitrogen and oxygen atoms in total. The molecule has 0 N–H and O–H groups in total. The van der Waals surface area contributed by atoms with E-state index in [1.165, 1.54) is 24.9 Å². The van der Waals surface area contributed by atoms with Crippen molar-refractivity contribution in [2.75, 3.05) is 39.2 Å². The molecule has 26 heavy (non-hydrogen) atoms. The van der Waals surface area contributed by atoms with Gasteiger partial charge in [-0.05, 0) is 23.8 Å². The van der Waals surface area contributed by atoms with Gasteiger partial charge in [-0.15, -0.1) is 11.8 Å². The third-order valence-corrected chi connectivity index (χ3v) is 5.53. The predicted octanol–water partition coefficient (Wildman–Crippen LogP) is 2.63. The van der Waals surface area contributed by atoms with E-state index < -0.39 is 0 Å². The van der Waals surface area contributed by atoms with Crippen molar-refractivity contribution < 1.29 is 23.8 Å². The van der Waals surface area contributed by atoms with Crippen molar-refractivity contribution in [1.29, 1.82) is 0 Å². The Morgan fingerprint density at radius 3 is 2.96 bits per heavy atom. The number of methoxy groups -OCH3 is 1. The van der Waals surface area contributed by atoms with Crippen LogP contribution in [-0.2, 0) is 14.3 Å². The van der Waals surface area contributed by atoms with Crippen molar-refractivity contribution in [3.05, 3.63) is 28.8 Å². The van der Waals surface area contributed by atoms with E-state index in [4.69, 9.17) is 25.8 Å². The second kappa shape index (κ2) is 8.68. The molecule has 0 aliphatic carbocycles. The molecular formula is C18H20ClNO5S. The highest BCUT2D eigenvalue weighted by Gasteiger charge is 2.28. The minimum Gasteiger partial charge on any atom is -0.489 e. The van der Waals surface area contributed by atoms with Gasteiger partial charge in [-0.25, -0.2) is 0 Å². The summed E-state index contributed by atoms with van der Waals surface area (Å²) in [6.45, 7) is 2.08. The monoisotopic (exact) mass is 397 g/mol. The van der Waals surface area contributed by atoms with Crippen LogP contribution in [0.2, 0.25) is 5.02 Å². The third kappa shape index (κ3) is 4.45. The number of halogens is 1. The van der Waals surface area contributed by atoms with Crippen molar-refractivity contribution in [2.45, 2.75) is 11.7 Å². The van der Waals surface area contributed by atoms with Gasteiger partial charge in [0.2, 0.25) is 5.91 Å². The van der Waals surface area contributed by atoms with Crippen LogP contribution in [0.1, 0.15) is 12.0 Å². The van der Waals surface area contributed by atoms with E-state index in [2.05, 4.69) is 0 Å². The Kier molecular flexibility index (Phi) is 6.32. The number of hydrogen-bond donors (Lipinski definition) is 0. The van der Waals surface area contributed by atoms with Gasteiger partial charge in [0.05, 0.1) is 25.3 Å². The van der Waals surface area contributed by atoms with Crippen LogP contribution in [0.5, 0.6) is 11.5 Å². The molecule has 3 rings (SSSR count). The first-order chi connectivity index (χ1) is 12.6. The first-order valence-electron chi connectivity index (χ1n) is 8.34. The van der Waals surface area contributed by atoms with Gasteiger partial charge in [-0.1, -0.05) is 11.6 Å². The molecule has 0 saturated carbocycles. The Balaban J connectivity index is 1.69. The number of hydrogen-bond acceptors (Lipinski definition) is 6. The highest BCUT2D eigenvalue weighted by atomic mass is 35.5. The number of nitrogens with zero attached hydrogens (tertiary/aromatic N) is 1. The largest absolute Gasteiger partial charge is 0.489 e. The van der Waals surface area contributed by atoms with Gasteiger partial charge in [0.15, 0.2) is 11.5 Å². The van der Waals surface area contributed by atoms with E-state index in [1.54, 1.807) is 23.1 Å². The normalized spacial score (nSPS) is 19.9. The lowest BCUT2D eigenvalue weighted by Crippen LogP contribution is -2.44. The average molecular weight is 398 g/mol. The quantitative estimate of drug-likeness (QED) is 0.577. The third-order valence-electron chi connectivity index (χ3n) is 4.09. The Morgan fingerprint density at radius 1 is 1.35 bits per heavy atom. The molecule has 0 unspecified atom stereocenters. The maximum Gasteiger partial charge on any atom is 0.320 e. The lowest BCUT2D eigenvalue weighted by molar-refractivity contribution is -0.140. The zero-order valence-electron chi connectivity index (χ0n) is 14.4. The first kappa shape index (κ1) is 18.9. The van der Waals surface area contributed by atoms with Crippen molar-refractivity contribution >= 4 is 41.3 Å². The molecule has 8 heteroatoms. The number of carbonyl (C=O) groups is 2. The molecule has 0 aromatic heterocycles. The summed E-state index contributed by atoms with van der Waals surface area (Å²) in [7, 11) is 1.36. The molecule has 2 heterocycles. The maximum absolute atomic E-state index is 12.4. The van der Waals surface area contributed by atoms with E-state index in [0.29, 0.717) is 48.6 Å². The number of amides is 1. The van der Waals surface area contributed by atoms with Crippen LogP contribution in [0.3, 0.4) is 0 Å². The van der Waals surface area contributed by atoms with Gasteiger partial charge in [0.25, 0.3) is 0 Å². The number of fused-ring (bicyclic) bond motifs is 1. The summed E-state index contributed by atoms with van der Waals surface area (Å²) in [5, 5.41) is 0.121. The van der Waals surface area contributed by atoms with E-state index in [0.717, 1.165) is 12.0 Å². The lowest BCUT2D eigenvalue weighted by atomic mass is 10.1. The topological polar surface area (TPSA) is 65.1 Å². The van der Waals surface area contributed by atoms with Crippen molar-refractivity contribution in [3.8, 4) is 11.5 Å². The second-order valence-electron chi connectivity index (χ2n) is 5.88. The van der Waals surface area contributed by atoms with Crippen molar-refractivity contribution in [1.82, 2.24) is 4.90 Å². The first-order valence-corrected chi connectivity index (χ1v) is 9.76. The molecule has 2 aliphatic heterocycles. The van der Waals surface area contributed by atoms with E-state index in [-0.39, 0.29) is 17.1 Å². The Labute approximate surface area is 161 Å². The van der Waals surface area contributed by atoms with Crippen LogP contribution in [0.4, 0.5) is 0 Å². The van der Waals surface area contributed by atoms with Gasteiger partial charge in [0.1, 0.15) is 5.25 Å². The van der Waals surface area contributed by atoms with Crippen LogP contribution >= 0.6 is 23.4 Å². The number of rotatable bonds is 3. The minimum absolute atomic E-state index is 0.151. The Morgan fingerprint density at radius 2 is 2.15 bits per heavy atom. The van der Waals surface area contributed by atoms with Gasteiger partial charge >= 0.3 is 5.97 Å². The van der Waals surface area contributed by atoms with Crippen molar-refractivity contribution in [3.63, 3.8) is 0 Å².